The Morgan fingerprint density at radius 1 is 1.10 bits per heavy atom. The van der Waals surface area contributed by atoms with Crippen molar-refractivity contribution in [2.24, 2.45) is 5.92 Å². The summed E-state index contributed by atoms with van der Waals surface area (Å²) in [6.07, 6.45) is 5.94. The van der Waals surface area contributed by atoms with Crippen molar-refractivity contribution in [2.75, 3.05) is 51.3 Å². The van der Waals surface area contributed by atoms with Gasteiger partial charge in [0.25, 0.3) is 5.91 Å². The van der Waals surface area contributed by atoms with Gasteiger partial charge in [0.1, 0.15) is 18.1 Å². The third-order valence-corrected chi connectivity index (χ3v) is 9.69. The van der Waals surface area contributed by atoms with E-state index in [-0.39, 0.29) is 23.7 Å². The molecular weight excluding hydrogens is 504 g/mol. The molecule has 0 bridgehead atoms. The molecule has 1 unspecified atom stereocenters. The Bertz CT molecular complexity index is 1250. The molecule has 2 saturated heterocycles. The predicted molar refractivity (Wildman–Crippen MR) is 154 cm³/mol. The molecule has 0 aromatic heterocycles. The van der Waals surface area contributed by atoms with E-state index in [1.54, 1.807) is 11.9 Å². The lowest BCUT2D eigenvalue weighted by molar-refractivity contribution is -0.125. The second-order valence-corrected chi connectivity index (χ2v) is 11.9. The van der Waals surface area contributed by atoms with E-state index in [9.17, 15) is 14.4 Å². The second kappa shape index (κ2) is 11.2. The van der Waals surface area contributed by atoms with Crippen LogP contribution in [-0.4, -0.2) is 80.3 Å². The number of amides is 2. The molecule has 0 radical (unpaired) electrons. The van der Waals surface area contributed by atoms with Crippen molar-refractivity contribution >= 4 is 23.8 Å². The van der Waals surface area contributed by atoms with Gasteiger partial charge in [-0.1, -0.05) is 24.3 Å². The summed E-state index contributed by atoms with van der Waals surface area (Å²) in [5.41, 5.74) is 4.07. The molecule has 1 spiro atoms. The molecule has 212 valence electrons. The molecule has 2 aromatic carbocycles. The van der Waals surface area contributed by atoms with Crippen molar-refractivity contribution in [3.8, 4) is 5.75 Å². The van der Waals surface area contributed by atoms with Crippen molar-refractivity contribution < 1.29 is 19.1 Å². The number of aldehydes is 1. The molecule has 0 aliphatic carbocycles. The summed E-state index contributed by atoms with van der Waals surface area (Å²) in [7, 11) is 1.56. The molecule has 1 N–H and O–H groups in total. The Balaban J connectivity index is 1.09. The van der Waals surface area contributed by atoms with Gasteiger partial charge in [0.15, 0.2) is 0 Å². The number of rotatable bonds is 8. The number of para-hydroxylation sites is 1. The van der Waals surface area contributed by atoms with Crippen LogP contribution in [0.5, 0.6) is 5.75 Å². The number of hydrogen-bond acceptors (Lipinski definition) is 6. The zero-order valence-corrected chi connectivity index (χ0v) is 23.4. The fourth-order valence-corrected chi connectivity index (χ4v) is 7.28. The molecule has 6 rings (SSSR count). The average Bonchev–Trinajstić information content (AvgIpc) is 3.53. The van der Waals surface area contributed by atoms with Gasteiger partial charge in [0.05, 0.1) is 13.2 Å². The van der Waals surface area contributed by atoms with Gasteiger partial charge in [0.2, 0.25) is 5.91 Å². The summed E-state index contributed by atoms with van der Waals surface area (Å²) in [6, 6.07) is 14.1. The van der Waals surface area contributed by atoms with Crippen molar-refractivity contribution in [1.29, 1.82) is 0 Å². The minimum atomic E-state index is -0.663. The smallest absolute Gasteiger partial charge is 0.255 e. The third-order valence-electron chi connectivity index (χ3n) is 9.69. The second-order valence-electron chi connectivity index (χ2n) is 11.9. The van der Waals surface area contributed by atoms with Gasteiger partial charge in [0, 0.05) is 60.9 Å². The van der Waals surface area contributed by atoms with Crippen LogP contribution in [0.2, 0.25) is 0 Å². The molecule has 2 fully saturated rings. The van der Waals surface area contributed by atoms with Gasteiger partial charge < -0.3 is 29.5 Å². The number of benzene rings is 2. The van der Waals surface area contributed by atoms with E-state index in [0.29, 0.717) is 25.1 Å². The summed E-state index contributed by atoms with van der Waals surface area (Å²) >= 11 is 0. The minimum absolute atomic E-state index is 0.00822. The van der Waals surface area contributed by atoms with Crippen LogP contribution in [0, 0.1) is 5.92 Å². The van der Waals surface area contributed by atoms with E-state index in [2.05, 4.69) is 51.5 Å². The van der Waals surface area contributed by atoms with Crippen molar-refractivity contribution in [3.63, 3.8) is 0 Å². The highest BCUT2D eigenvalue weighted by Gasteiger charge is 2.47. The molecule has 4 aliphatic rings. The highest BCUT2D eigenvalue weighted by molar-refractivity contribution is 6.02. The maximum absolute atomic E-state index is 13.3. The zero-order chi connectivity index (χ0) is 27.7. The monoisotopic (exact) mass is 544 g/mol. The van der Waals surface area contributed by atoms with Crippen LogP contribution < -0.4 is 15.0 Å². The Hall–Kier alpha value is -3.39. The fourth-order valence-electron chi connectivity index (χ4n) is 7.28. The predicted octanol–water partition coefficient (Wildman–Crippen LogP) is 3.38. The number of carbonyl (C=O) groups is 3. The number of nitrogens with zero attached hydrogens (tertiary/aromatic N) is 3. The lowest BCUT2D eigenvalue weighted by atomic mass is 9.73. The SMILES string of the molecule is CNC(=O)C(CCC=O)N1Cc2c(ccc3c2OCC32CCN(CC3CCN(c4ccccc4)CC3)CC2)C1=O. The van der Waals surface area contributed by atoms with E-state index >= 15 is 0 Å². The van der Waals surface area contributed by atoms with Gasteiger partial charge in [-0.2, -0.15) is 0 Å². The molecule has 0 saturated carbocycles. The highest BCUT2D eigenvalue weighted by atomic mass is 16.5. The Kier molecular flexibility index (Phi) is 7.53. The van der Waals surface area contributed by atoms with Crippen LogP contribution in [0.4, 0.5) is 5.69 Å². The largest absolute Gasteiger partial charge is 0.492 e. The Morgan fingerprint density at radius 2 is 1.85 bits per heavy atom. The average molecular weight is 545 g/mol. The zero-order valence-electron chi connectivity index (χ0n) is 23.4. The van der Waals surface area contributed by atoms with Crippen LogP contribution in [0.25, 0.3) is 0 Å². The third kappa shape index (κ3) is 4.87. The molecule has 4 aliphatic heterocycles. The van der Waals surface area contributed by atoms with Gasteiger partial charge in [-0.25, -0.2) is 0 Å². The molecule has 8 nitrogen and oxygen atoms in total. The summed E-state index contributed by atoms with van der Waals surface area (Å²) in [5, 5.41) is 2.65. The topological polar surface area (TPSA) is 82.2 Å². The van der Waals surface area contributed by atoms with Gasteiger partial charge in [-0.3, -0.25) is 9.59 Å². The molecule has 40 heavy (non-hydrogen) atoms. The van der Waals surface area contributed by atoms with Crippen molar-refractivity contribution in [3.05, 3.63) is 59.2 Å². The standard InChI is InChI=1S/C32H40N4O4/c1-33-30(38)28(8-5-19-37)36-21-26-25(31(36)39)9-10-27-29(26)40-22-32(27)13-17-34(18-14-32)20-23-11-15-35(16-12-23)24-6-3-2-4-7-24/h2-4,6-7,9-10,19,23,28H,5,8,11-18,20-22H2,1H3,(H,33,38). The first kappa shape index (κ1) is 26.8. The van der Waals surface area contributed by atoms with Gasteiger partial charge in [-0.15, -0.1) is 0 Å². The van der Waals surface area contributed by atoms with Crippen LogP contribution in [0.1, 0.15) is 60.0 Å². The molecular formula is C32H40N4O4. The highest BCUT2D eigenvalue weighted by Crippen LogP contribution is 2.49. The van der Waals surface area contributed by atoms with Crippen molar-refractivity contribution in [2.45, 2.75) is 56.5 Å². The molecule has 4 heterocycles. The van der Waals surface area contributed by atoms with Crippen LogP contribution in [0.15, 0.2) is 42.5 Å². The van der Waals surface area contributed by atoms with E-state index in [1.165, 1.54) is 30.6 Å². The fraction of sp³-hybridized carbons (Fsp3) is 0.531. The number of anilines is 1. The lowest BCUT2D eigenvalue weighted by Crippen LogP contribution is -2.46. The van der Waals surface area contributed by atoms with E-state index in [1.807, 2.05) is 6.07 Å². The number of carbonyl (C=O) groups excluding carboxylic acids is 3. The molecule has 1 atom stereocenters. The summed E-state index contributed by atoms with van der Waals surface area (Å²) in [4.78, 5) is 43.6. The normalized spacial score (nSPS) is 21.2. The van der Waals surface area contributed by atoms with E-state index < -0.39 is 6.04 Å². The summed E-state index contributed by atoms with van der Waals surface area (Å²) < 4.78 is 6.36. The van der Waals surface area contributed by atoms with E-state index in [4.69, 9.17) is 4.74 Å². The number of likely N-dealkylation sites (tertiary alicyclic amines) is 1. The molecule has 8 heteroatoms. The molecule has 2 amide bonds. The number of hydrogen-bond donors (Lipinski definition) is 1. The Labute approximate surface area is 236 Å². The van der Waals surface area contributed by atoms with Gasteiger partial charge in [-0.05, 0) is 69.3 Å². The first-order valence-corrected chi connectivity index (χ1v) is 14.8. The quantitative estimate of drug-likeness (QED) is 0.514. The number of piperidine rings is 2. The molecule has 2 aromatic rings. The summed E-state index contributed by atoms with van der Waals surface area (Å²) in [5.74, 6) is 1.19. The summed E-state index contributed by atoms with van der Waals surface area (Å²) in [6.45, 7) is 6.55. The van der Waals surface area contributed by atoms with Gasteiger partial charge >= 0.3 is 0 Å². The van der Waals surface area contributed by atoms with E-state index in [0.717, 1.165) is 62.5 Å². The first-order valence-electron chi connectivity index (χ1n) is 14.8. The Morgan fingerprint density at radius 3 is 2.55 bits per heavy atom. The maximum Gasteiger partial charge on any atom is 0.255 e. The number of fused-ring (bicyclic) bond motifs is 4. The maximum atomic E-state index is 13.3. The number of ether oxygens (including phenoxy) is 1. The number of likely N-dealkylation sites (N-methyl/N-ethyl adjacent to an activating group) is 1. The van der Waals surface area contributed by atoms with Crippen LogP contribution in [-0.2, 0) is 21.5 Å². The first-order chi connectivity index (χ1) is 19.5. The lowest BCUT2D eigenvalue weighted by Gasteiger charge is -2.41. The van der Waals surface area contributed by atoms with Crippen LogP contribution in [0.3, 0.4) is 0 Å². The van der Waals surface area contributed by atoms with Crippen LogP contribution >= 0.6 is 0 Å². The van der Waals surface area contributed by atoms with Crippen molar-refractivity contribution in [1.82, 2.24) is 15.1 Å². The number of nitrogens with one attached hydrogen (secondary N) is 1. The minimum Gasteiger partial charge on any atom is -0.492 e.